The first kappa shape index (κ1) is 22.2. The van der Waals surface area contributed by atoms with Crippen molar-refractivity contribution >= 4 is 17.4 Å². The molecule has 1 amide bonds. The number of amides is 1. The number of fused-ring (bicyclic) bond motifs is 3. The third kappa shape index (κ3) is 4.18. The molecule has 0 aliphatic carbocycles. The second kappa shape index (κ2) is 8.98. The van der Waals surface area contributed by atoms with Gasteiger partial charge >= 0.3 is 0 Å². The average molecular weight is 469 g/mol. The fourth-order valence-corrected chi connectivity index (χ4v) is 4.44. The van der Waals surface area contributed by atoms with E-state index in [1.54, 1.807) is 10.9 Å². The quantitative estimate of drug-likeness (QED) is 0.569. The average Bonchev–Trinajstić information content (AvgIpc) is 3.26. The van der Waals surface area contributed by atoms with Crippen LogP contribution in [-0.4, -0.2) is 58.4 Å². The van der Waals surface area contributed by atoms with E-state index in [1.807, 2.05) is 18.0 Å². The van der Waals surface area contributed by atoms with Crippen molar-refractivity contribution in [3.05, 3.63) is 58.8 Å². The molecular formula is C23H25F2N7O2. The summed E-state index contributed by atoms with van der Waals surface area (Å²) in [5.74, 6) is -0.454. The normalized spacial score (nSPS) is 17.2. The van der Waals surface area contributed by atoms with Gasteiger partial charge in [-0.1, -0.05) is 0 Å². The van der Waals surface area contributed by atoms with Gasteiger partial charge in [-0.3, -0.25) is 9.48 Å². The first-order valence-electron chi connectivity index (χ1n) is 11.1. The van der Waals surface area contributed by atoms with E-state index in [9.17, 15) is 13.6 Å². The molecule has 0 saturated carbocycles. The number of nitrogens with one attached hydrogen (secondary N) is 2. The monoisotopic (exact) mass is 469 g/mol. The highest BCUT2D eigenvalue weighted by Crippen LogP contribution is 2.33. The molecule has 5 rings (SSSR count). The van der Waals surface area contributed by atoms with Gasteiger partial charge in [0, 0.05) is 32.3 Å². The molecule has 1 fully saturated rings. The van der Waals surface area contributed by atoms with Gasteiger partial charge in [0.15, 0.2) is 23.2 Å². The number of nitrogens with zero attached hydrogens (tertiary/aromatic N) is 5. The van der Waals surface area contributed by atoms with Crippen LogP contribution in [0.25, 0.3) is 0 Å². The minimum Gasteiger partial charge on any atom is -0.491 e. The molecule has 0 spiro atoms. The highest BCUT2D eigenvalue weighted by atomic mass is 19.1. The standard InChI is InChI=1S/C23H25F2N7O2/c1-13-20-22(32-6-5-26-10-18(32)23(33)30-20)29-19(28-13)4-3-14-9-27-31(11-14)12-15-7-16(24)21(34-2)17(25)8-15/h7-9,11,18,26H,3-6,10,12H2,1-2H3,(H,30,33). The second-order valence-corrected chi connectivity index (χ2v) is 8.47. The summed E-state index contributed by atoms with van der Waals surface area (Å²) in [6.07, 6.45) is 4.82. The molecule has 3 aromatic rings. The van der Waals surface area contributed by atoms with Crippen LogP contribution in [0.1, 0.15) is 22.6 Å². The summed E-state index contributed by atoms with van der Waals surface area (Å²) in [6.45, 7) is 4.20. The highest BCUT2D eigenvalue weighted by molar-refractivity contribution is 6.03. The maximum absolute atomic E-state index is 14.0. The predicted molar refractivity (Wildman–Crippen MR) is 121 cm³/mol. The van der Waals surface area contributed by atoms with E-state index >= 15 is 0 Å². The van der Waals surface area contributed by atoms with Crippen LogP contribution in [0.2, 0.25) is 0 Å². The van der Waals surface area contributed by atoms with E-state index < -0.39 is 17.4 Å². The Hall–Kier alpha value is -3.60. The maximum Gasteiger partial charge on any atom is 0.248 e. The lowest BCUT2D eigenvalue weighted by Crippen LogP contribution is -2.59. The summed E-state index contributed by atoms with van der Waals surface area (Å²) in [6, 6.07) is 2.22. The summed E-state index contributed by atoms with van der Waals surface area (Å²) in [7, 11) is 1.23. The van der Waals surface area contributed by atoms with E-state index in [0.717, 1.165) is 23.6 Å². The number of carbonyl (C=O) groups excluding carboxylic acids is 1. The lowest BCUT2D eigenvalue weighted by molar-refractivity contribution is -0.117. The number of hydrogen-bond donors (Lipinski definition) is 2. The number of aryl methyl sites for hydroxylation is 3. The van der Waals surface area contributed by atoms with Crippen molar-refractivity contribution in [3.8, 4) is 5.75 Å². The van der Waals surface area contributed by atoms with Crippen molar-refractivity contribution in [2.45, 2.75) is 32.4 Å². The number of piperazine rings is 1. The van der Waals surface area contributed by atoms with Gasteiger partial charge < -0.3 is 20.3 Å². The van der Waals surface area contributed by atoms with Gasteiger partial charge in [0.2, 0.25) is 5.91 Å². The van der Waals surface area contributed by atoms with E-state index in [1.165, 1.54) is 19.2 Å². The van der Waals surface area contributed by atoms with Gasteiger partial charge in [0.05, 0.1) is 25.5 Å². The minimum absolute atomic E-state index is 0.0387. The summed E-state index contributed by atoms with van der Waals surface area (Å²) in [4.78, 5) is 23.8. The Bertz CT molecular complexity index is 1220. The molecule has 1 saturated heterocycles. The Morgan fingerprint density at radius 2 is 1.97 bits per heavy atom. The molecule has 34 heavy (non-hydrogen) atoms. The maximum atomic E-state index is 14.0. The Morgan fingerprint density at radius 1 is 1.18 bits per heavy atom. The zero-order valence-corrected chi connectivity index (χ0v) is 18.9. The van der Waals surface area contributed by atoms with Crippen molar-refractivity contribution in [1.29, 1.82) is 0 Å². The van der Waals surface area contributed by atoms with Crippen LogP contribution in [0.3, 0.4) is 0 Å². The molecule has 2 aliphatic rings. The van der Waals surface area contributed by atoms with Gasteiger partial charge in [0.1, 0.15) is 17.6 Å². The number of rotatable bonds is 6. The van der Waals surface area contributed by atoms with E-state index in [-0.39, 0.29) is 18.5 Å². The summed E-state index contributed by atoms with van der Waals surface area (Å²) >= 11 is 0. The number of hydrogen-bond acceptors (Lipinski definition) is 7. The van der Waals surface area contributed by atoms with E-state index in [0.29, 0.717) is 43.0 Å². The number of ether oxygens (including phenoxy) is 1. The second-order valence-electron chi connectivity index (χ2n) is 8.47. The van der Waals surface area contributed by atoms with Gasteiger partial charge in [-0.2, -0.15) is 5.10 Å². The number of benzene rings is 1. The van der Waals surface area contributed by atoms with Gasteiger partial charge in [-0.25, -0.2) is 18.7 Å². The number of anilines is 2. The number of carbonyl (C=O) groups is 1. The van der Waals surface area contributed by atoms with Crippen molar-refractivity contribution in [2.24, 2.45) is 0 Å². The molecule has 2 N–H and O–H groups in total. The third-order valence-electron chi connectivity index (χ3n) is 6.11. The van der Waals surface area contributed by atoms with Gasteiger partial charge in [0.25, 0.3) is 0 Å². The molecular weight excluding hydrogens is 444 g/mol. The van der Waals surface area contributed by atoms with Crippen LogP contribution in [-0.2, 0) is 24.2 Å². The van der Waals surface area contributed by atoms with Crippen LogP contribution in [0.5, 0.6) is 5.75 Å². The zero-order chi connectivity index (χ0) is 23.8. The molecule has 1 unspecified atom stereocenters. The molecule has 1 aromatic carbocycles. The largest absolute Gasteiger partial charge is 0.491 e. The van der Waals surface area contributed by atoms with Crippen molar-refractivity contribution in [2.75, 3.05) is 37.0 Å². The van der Waals surface area contributed by atoms with Crippen LogP contribution >= 0.6 is 0 Å². The highest BCUT2D eigenvalue weighted by Gasteiger charge is 2.36. The third-order valence-corrected chi connectivity index (χ3v) is 6.11. The molecule has 4 heterocycles. The van der Waals surface area contributed by atoms with Gasteiger partial charge in [-0.15, -0.1) is 0 Å². The van der Waals surface area contributed by atoms with Gasteiger partial charge in [-0.05, 0) is 36.6 Å². The molecule has 0 bridgehead atoms. The number of halogens is 2. The minimum atomic E-state index is -0.743. The summed E-state index contributed by atoms with van der Waals surface area (Å²) < 4.78 is 34.3. The number of aromatic nitrogens is 4. The first-order chi connectivity index (χ1) is 16.4. The zero-order valence-electron chi connectivity index (χ0n) is 18.9. The Morgan fingerprint density at radius 3 is 2.74 bits per heavy atom. The van der Waals surface area contributed by atoms with Crippen LogP contribution < -0.4 is 20.3 Å². The van der Waals surface area contributed by atoms with Crippen molar-refractivity contribution in [3.63, 3.8) is 0 Å². The fourth-order valence-electron chi connectivity index (χ4n) is 4.44. The number of methoxy groups -OCH3 is 1. The van der Waals surface area contributed by atoms with Crippen molar-refractivity contribution < 1.29 is 18.3 Å². The SMILES string of the molecule is COc1c(F)cc(Cn2cc(CCc3nc(C)c4c(n3)N3CCNCC3C(=O)N4)cn2)cc1F. The summed E-state index contributed by atoms with van der Waals surface area (Å²) in [5, 5.41) is 10.5. The molecule has 178 valence electrons. The Labute approximate surface area is 195 Å². The lowest BCUT2D eigenvalue weighted by Gasteiger charge is -2.40. The van der Waals surface area contributed by atoms with Crippen LogP contribution in [0.15, 0.2) is 24.5 Å². The molecule has 0 radical (unpaired) electrons. The van der Waals surface area contributed by atoms with E-state index in [2.05, 4.69) is 20.7 Å². The topological polar surface area (TPSA) is 97.2 Å². The van der Waals surface area contributed by atoms with Crippen LogP contribution in [0, 0.1) is 18.6 Å². The molecule has 11 heteroatoms. The molecule has 2 aromatic heterocycles. The Kier molecular flexibility index (Phi) is 5.86. The summed E-state index contributed by atoms with van der Waals surface area (Å²) in [5.41, 5.74) is 2.83. The lowest BCUT2D eigenvalue weighted by atomic mass is 10.1. The first-order valence-corrected chi connectivity index (χ1v) is 11.1. The fraction of sp³-hybridized carbons (Fsp3) is 0.391. The molecule has 9 nitrogen and oxygen atoms in total. The Balaban J connectivity index is 1.29. The predicted octanol–water partition coefficient (Wildman–Crippen LogP) is 1.83. The molecule has 2 aliphatic heterocycles. The van der Waals surface area contributed by atoms with Crippen LogP contribution in [0.4, 0.5) is 20.3 Å². The van der Waals surface area contributed by atoms with E-state index in [4.69, 9.17) is 9.72 Å². The smallest absolute Gasteiger partial charge is 0.248 e. The van der Waals surface area contributed by atoms with Crippen molar-refractivity contribution in [1.82, 2.24) is 25.1 Å². The molecule has 1 atom stereocenters.